The minimum Gasteiger partial charge on any atom is -0.337 e. The van der Waals surface area contributed by atoms with Crippen LogP contribution in [0.25, 0.3) is 0 Å². The molecule has 26 heavy (non-hydrogen) atoms. The van der Waals surface area contributed by atoms with Gasteiger partial charge in [-0.3, -0.25) is 4.79 Å². The van der Waals surface area contributed by atoms with Gasteiger partial charge in [0.15, 0.2) is 0 Å². The number of carbonyl (C=O) groups excluding carboxylic acids is 1. The number of hydrogen-bond acceptors (Lipinski definition) is 4. The molecule has 0 spiro atoms. The van der Waals surface area contributed by atoms with E-state index in [4.69, 9.17) is 0 Å². The molecule has 1 saturated heterocycles. The van der Waals surface area contributed by atoms with E-state index in [9.17, 15) is 13.2 Å². The Morgan fingerprint density at radius 2 is 2.23 bits per heavy atom. The molecule has 0 bridgehead atoms. The lowest BCUT2D eigenvalue weighted by molar-refractivity contribution is 0.0747. The van der Waals surface area contributed by atoms with Crippen LogP contribution in [-0.2, 0) is 16.6 Å². The van der Waals surface area contributed by atoms with E-state index in [0.717, 1.165) is 19.4 Å². The van der Waals surface area contributed by atoms with Crippen molar-refractivity contribution in [3.8, 4) is 0 Å². The molecule has 0 unspecified atom stereocenters. The molecular weight excluding hydrogens is 352 g/mol. The van der Waals surface area contributed by atoms with Crippen LogP contribution in [0.2, 0.25) is 0 Å². The number of aryl methyl sites for hydroxylation is 1. The Balaban J connectivity index is 1.63. The van der Waals surface area contributed by atoms with Crippen molar-refractivity contribution in [2.75, 3.05) is 13.1 Å². The molecule has 1 aliphatic rings. The van der Waals surface area contributed by atoms with Gasteiger partial charge in [-0.15, -0.1) is 0 Å². The van der Waals surface area contributed by atoms with Crippen molar-refractivity contribution in [3.63, 3.8) is 0 Å². The van der Waals surface area contributed by atoms with E-state index in [1.54, 1.807) is 24.7 Å². The molecule has 0 aliphatic carbocycles. The van der Waals surface area contributed by atoms with Gasteiger partial charge in [-0.2, -0.15) is 0 Å². The molecule has 0 radical (unpaired) electrons. The van der Waals surface area contributed by atoms with Crippen molar-refractivity contribution < 1.29 is 13.2 Å². The van der Waals surface area contributed by atoms with E-state index in [1.165, 1.54) is 12.1 Å². The molecule has 2 aromatic rings. The molecule has 0 saturated carbocycles. The highest BCUT2D eigenvalue weighted by atomic mass is 32.2. The predicted molar refractivity (Wildman–Crippen MR) is 98.2 cm³/mol. The zero-order valence-corrected chi connectivity index (χ0v) is 15.7. The monoisotopic (exact) mass is 376 g/mol. The van der Waals surface area contributed by atoms with Crippen LogP contribution < -0.4 is 4.72 Å². The molecular formula is C18H24N4O3S. The average Bonchev–Trinajstić information content (AvgIpc) is 3.30. The number of benzene rings is 1. The van der Waals surface area contributed by atoms with Gasteiger partial charge in [0.05, 0.1) is 11.2 Å². The molecule has 140 valence electrons. The van der Waals surface area contributed by atoms with E-state index >= 15 is 0 Å². The third-order valence-corrected chi connectivity index (χ3v) is 6.11. The molecule has 1 aliphatic heterocycles. The Bertz CT molecular complexity index is 849. The Morgan fingerprint density at radius 1 is 1.38 bits per heavy atom. The number of aromatic nitrogens is 2. The minimum atomic E-state index is -3.64. The quantitative estimate of drug-likeness (QED) is 0.748. The lowest BCUT2D eigenvalue weighted by Crippen LogP contribution is -2.33. The highest BCUT2D eigenvalue weighted by molar-refractivity contribution is 7.89. The Hall–Kier alpha value is -2.19. The second kappa shape index (κ2) is 8.01. The molecule has 1 atom stereocenters. The topological polar surface area (TPSA) is 84.3 Å². The minimum absolute atomic E-state index is 0.104. The highest BCUT2D eigenvalue weighted by Crippen LogP contribution is 2.21. The first-order valence-corrected chi connectivity index (χ1v) is 10.3. The van der Waals surface area contributed by atoms with E-state index < -0.39 is 10.0 Å². The van der Waals surface area contributed by atoms with Crippen LogP contribution in [-0.4, -0.2) is 47.9 Å². The summed E-state index contributed by atoms with van der Waals surface area (Å²) in [4.78, 5) is 18.5. The maximum absolute atomic E-state index is 12.6. The lowest BCUT2D eigenvalue weighted by atomic mass is 10.2. The Kier molecular flexibility index (Phi) is 5.73. The van der Waals surface area contributed by atoms with Crippen LogP contribution in [0.15, 0.2) is 47.9 Å². The summed E-state index contributed by atoms with van der Waals surface area (Å²) >= 11 is 0. The molecule has 1 aromatic carbocycles. The van der Waals surface area contributed by atoms with Crippen molar-refractivity contribution in [2.24, 2.45) is 0 Å². The molecule has 7 nitrogen and oxygen atoms in total. The van der Waals surface area contributed by atoms with Crippen molar-refractivity contribution in [3.05, 3.63) is 48.5 Å². The number of amides is 1. The van der Waals surface area contributed by atoms with Crippen LogP contribution in [0, 0.1) is 0 Å². The SMILES string of the molecule is C[C@@H]1CCCN1C(=O)c1cccc(S(=O)(=O)NCCCn2ccnc2)c1. The zero-order valence-electron chi connectivity index (χ0n) is 14.8. The van der Waals surface area contributed by atoms with Gasteiger partial charge in [0.25, 0.3) is 5.91 Å². The van der Waals surface area contributed by atoms with Crippen molar-refractivity contribution >= 4 is 15.9 Å². The van der Waals surface area contributed by atoms with Crippen LogP contribution in [0.4, 0.5) is 0 Å². The maximum Gasteiger partial charge on any atom is 0.254 e. The largest absolute Gasteiger partial charge is 0.337 e. The number of likely N-dealkylation sites (tertiary alicyclic amines) is 1. The smallest absolute Gasteiger partial charge is 0.254 e. The van der Waals surface area contributed by atoms with Gasteiger partial charge in [-0.25, -0.2) is 18.1 Å². The number of carbonyl (C=O) groups is 1. The third-order valence-electron chi connectivity index (χ3n) is 4.65. The number of hydrogen-bond donors (Lipinski definition) is 1. The van der Waals surface area contributed by atoms with Gasteiger partial charge in [-0.1, -0.05) is 6.07 Å². The molecule has 1 N–H and O–H groups in total. The summed E-state index contributed by atoms with van der Waals surface area (Å²) in [7, 11) is -3.64. The highest BCUT2D eigenvalue weighted by Gasteiger charge is 2.26. The average molecular weight is 376 g/mol. The molecule has 8 heteroatoms. The summed E-state index contributed by atoms with van der Waals surface area (Å²) in [5.74, 6) is -0.104. The van der Waals surface area contributed by atoms with E-state index in [0.29, 0.717) is 25.1 Å². The Morgan fingerprint density at radius 3 is 2.92 bits per heavy atom. The summed E-state index contributed by atoms with van der Waals surface area (Å²) in [5.41, 5.74) is 0.417. The van der Waals surface area contributed by atoms with Gasteiger partial charge >= 0.3 is 0 Å². The van der Waals surface area contributed by atoms with Gasteiger partial charge in [0, 0.05) is 43.6 Å². The van der Waals surface area contributed by atoms with Crippen LogP contribution in [0.1, 0.15) is 36.5 Å². The van der Waals surface area contributed by atoms with Crippen LogP contribution >= 0.6 is 0 Å². The first-order valence-electron chi connectivity index (χ1n) is 8.84. The van der Waals surface area contributed by atoms with Crippen LogP contribution in [0.5, 0.6) is 0 Å². The predicted octanol–water partition coefficient (Wildman–Crippen LogP) is 1.88. The van der Waals surface area contributed by atoms with Crippen LogP contribution in [0.3, 0.4) is 0 Å². The Labute approximate surface area is 154 Å². The maximum atomic E-state index is 12.6. The standard InChI is InChI=1S/C18H24N4O3S/c1-15-5-3-11-22(15)18(23)16-6-2-7-17(13-16)26(24,25)20-8-4-10-21-12-9-19-14-21/h2,6-7,9,12-15,20H,3-5,8,10-11H2,1H3/t15-/m1/s1. The third kappa shape index (κ3) is 4.31. The molecule has 2 heterocycles. The van der Waals surface area contributed by atoms with Gasteiger partial charge in [0.1, 0.15) is 0 Å². The number of rotatable bonds is 7. The number of imidazole rings is 1. The summed E-state index contributed by atoms with van der Waals surface area (Å²) in [6.45, 7) is 3.76. The second-order valence-electron chi connectivity index (χ2n) is 6.57. The second-order valence-corrected chi connectivity index (χ2v) is 8.34. The number of nitrogens with zero attached hydrogens (tertiary/aromatic N) is 3. The van der Waals surface area contributed by atoms with E-state index in [-0.39, 0.29) is 16.8 Å². The summed E-state index contributed by atoms with van der Waals surface area (Å²) < 4.78 is 29.5. The van der Waals surface area contributed by atoms with Crippen molar-refractivity contribution in [2.45, 2.75) is 43.7 Å². The number of sulfonamides is 1. The van der Waals surface area contributed by atoms with Crippen molar-refractivity contribution in [1.29, 1.82) is 0 Å². The number of nitrogens with one attached hydrogen (secondary N) is 1. The van der Waals surface area contributed by atoms with Gasteiger partial charge < -0.3 is 9.47 Å². The van der Waals surface area contributed by atoms with Gasteiger partial charge in [-0.05, 0) is 44.4 Å². The fourth-order valence-electron chi connectivity index (χ4n) is 3.17. The van der Waals surface area contributed by atoms with E-state index in [2.05, 4.69) is 9.71 Å². The molecule has 1 fully saturated rings. The van der Waals surface area contributed by atoms with Crippen molar-refractivity contribution in [1.82, 2.24) is 19.2 Å². The summed E-state index contributed by atoms with van der Waals surface area (Å²) in [5, 5.41) is 0. The normalized spacial score (nSPS) is 17.6. The summed E-state index contributed by atoms with van der Waals surface area (Å²) in [6.07, 6.45) is 7.85. The summed E-state index contributed by atoms with van der Waals surface area (Å²) in [6, 6.07) is 6.47. The van der Waals surface area contributed by atoms with E-state index in [1.807, 2.05) is 22.6 Å². The van der Waals surface area contributed by atoms with Gasteiger partial charge in [0.2, 0.25) is 10.0 Å². The fourth-order valence-corrected chi connectivity index (χ4v) is 4.29. The molecule has 1 amide bonds. The molecule has 3 rings (SSSR count). The fraction of sp³-hybridized carbons (Fsp3) is 0.444. The molecule has 1 aromatic heterocycles. The zero-order chi connectivity index (χ0) is 18.6. The first-order chi connectivity index (χ1) is 12.5. The lowest BCUT2D eigenvalue weighted by Gasteiger charge is -2.21. The first kappa shape index (κ1) is 18.6.